The van der Waals surface area contributed by atoms with Gasteiger partial charge in [-0.2, -0.15) is 0 Å². The number of carboxylic acid groups (broad SMARTS) is 1. The Morgan fingerprint density at radius 3 is 2.88 bits per heavy atom. The fraction of sp³-hybridized carbons (Fsp3) is 0.400. The maximum atomic E-state index is 12.0. The summed E-state index contributed by atoms with van der Waals surface area (Å²) in [6.07, 6.45) is 2.62. The lowest BCUT2D eigenvalue weighted by atomic mass is 10.2. The maximum Gasteiger partial charge on any atom is 0.326 e. The molecule has 0 aliphatic carbocycles. The van der Waals surface area contributed by atoms with E-state index >= 15 is 0 Å². The lowest BCUT2D eigenvalue weighted by molar-refractivity contribution is -0.141. The quantitative estimate of drug-likeness (QED) is 0.899. The van der Waals surface area contributed by atoms with Crippen LogP contribution in [0.4, 0.5) is 0 Å². The molecular formula is C10H10BrNO4. The fourth-order valence-corrected chi connectivity index (χ4v) is 2.28. The molecule has 1 fully saturated rings. The van der Waals surface area contributed by atoms with E-state index in [0.29, 0.717) is 23.2 Å². The van der Waals surface area contributed by atoms with Crippen molar-refractivity contribution in [1.29, 1.82) is 0 Å². The molecule has 6 heteroatoms. The Morgan fingerprint density at radius 1 is 1.56 bits per heavy atom. The monoisotopic (exact) mass is 287 g/mol. The average Bonchev–Trinajstić information content (AvgIpc) is 2.84. The molecule has 0 aromatic carbocycles. The summed E-state index contributed by atoms with van der Waals surface area (Å²) in [6, 6.07) is 0.818. The highest BCUT2D eigenvalue weighted by molar-refractivity contribution is 9.10. The van der Waals surface area contributed by atoms with E-state index in [-0.39, 0.29) is 5.91 Å². The molecule has 0 spiro atoms. The third kappa shape index (κ3) is 1.84. The molecule has 1 aliphatic heterocycles. The number of carbonyl (C=O) groups excluding carboxylic acids is 1. The molecule has 5 nitrogen and oxygen atoms in total. The first-order chi connectivity index (χ1) is 7.61. The van der Waals surface area contributed by atoms with Crippen molar-refractivity contribution in [3.63, 3.8) is 0 Å². The van der Waals surface area contributed by atoms with E-state index in [1.165, 1.54) is 17.2 Å². The predicted octanol–water partition coefficient (Wildman–Crippen LogP) is 1.73. The number of aliphatic carboxylic acids is 1. The van der Waals surface area contributed by atoms with Crippen molar-refractivity contribution in [2.45, 2.75) is 18.9 Å². The zero-order valence-electron chi connectivity index (χ0n) is 8.35. The van der Waals surface area contributed by atoms with E-state index in [2.05, 4.69) is 15.9 Å². The lowest BCUT2D eigenvalue weighted by Crippen LogP contribution is -2.40. The Hall–Kier alpha value is -1.30. The standard InChI is InChI=1S/C10H10BrNO4/c11-8-6(3-5-16-8)9(13)12-4-1-2-7(12)10(14)15/h3,5,7H,1-2,4H2,(H,14,15)/t7-/m0/s1. The van der Waals surface area contributed by atoms with Gasteiger partial charge in [0.05, 0.1) is 11.8 Å². The Morgan fingerprint density at radius 2 is 2.31 bits per heavy atom. The highest BCUT2D eigenvalue weighted by Gasteiger charge is 2.35. The van der Waals surface area contributed by atoms with Gasteiger partial charge in [-0.1, -0.05) is 0 Å². The number of hydrogen-bond donors (Lipinski definition) is 1. The number of carboxylic acids is 1. The third-order valence-electron chi connectivity index (χ3n) is 2.65. The molecule has 1 amide bonds. The van der Waals surface area contributed by atoms with Crippen LogP contribution in [0, 0.1) is 0 Å². The van der Waals surface area contributed by atoms with Crippen molar-refractivity contribution in [2.75, 3.05) is 6.54 Å². The first-order valence-electron chi connectivity index (χ1n) is 4.88. The summed E-state index contributed by atoms with van der Waals surface area (Å²) >= 11 is 3.11. The van der Waals surface area contributed by atoms with Crippen LogP contribution >= 0.6 is 15.9 Å². The molecule has 16 heavy (non-hydrogen) atoms. The van der Waals surface area contributed by atoms with Crippen molar-refractivity contribution in [1.82, 2.24) is 4.90 Å². The van der Waals surface area contributed by atoms with Crippen molar-refractivity contribution < 1.29 is 19.1 Å². The lowest BCUT2D eigenvalue weighted by Gasteiger charge is -2.20. The number of amides is 1. The van der Waals surface area contributed by atoms with Gasteiger partial charge >= 0.3 is 5.97 Å². The smallest absolute Gasteiger partial charge is 0.326 e. The van der Waals surface area contributed by atoms with Gasteiger partial charge in [-0.15, -0.1) is 0 Å². The predicted molar refractivity (Wildman–Crippen MR) is 58.1 cm³/mol. The highest BCUT2D eigenvalue weighted by Crippen LogP contribution is 2.24. The van der Waals surface area contributed by atoms with Gasteiger partial charge in [0.25, 0.3) is 5.91 Å². The van der Waals surface area contributed by atoms with Crippen LogP contribution in [0.15, 0.2) is 21.4 Å². The van der Waals surface area contributed by atoms with Crippen LogP contribution in [0.2, 0.25) is 0 Å². The highest BCUT2D eigenvalue weighted by atomic mass is 79.9. The maximum absolute atomic E-state index is 12.0. The van der Waals surface area contributed by atoms with Crippen LogP contribution < -0.4 is 0 Å². The van der Waals surface area contributed by atoms with Crippen molar-refractivity contribution in [3.8, 4) is 0 Å². The molecule has 1 saturated heterocycles. The number of likely N-dealkylation sites (tertiary alicyclic amines) is 1. The Labute approximate surface area is 100 Å². The number of nitrogens with zero attached hydrogens (tertiary/aromatic N) is 1. The fourth-order valence-electron chi connectivity index (χ4n) is 1.87. The summed E-state index contributed by atoms with van der Waals surface area (Å²) in [4.78, 5) is 24.3. The van der Waals surface area contributed by atoms with Crippen molar-refractivity contribution >= 4 is 27.8 Å². The number of halogens is 1. The van der Waals surface area contributed by atoms with Crippen molar-refractivity contribution in [2.24, 2.45) is 0 Å². The number of carbonyl (C=O) groups is 2. The minimum Gasteiger partial charge on any atom is -0.480 e. The molecule has 1 aromatic rings. The van der Waals surface area contributed by atoms with Gasteiger partial charge in [0.15, 0.2) is 4.67 Å². The third-order valence-corrected chi connectivity index (χ3v) is 3.26. The van der Waals surface area contributed by atoms with E-state index in [9.17, 15) is 9.59 Å². The van der Waals surface area contributed by atoms with Crippen LogP contribution in [0.1, 0.15) is 23.2 Å². The minimum absolute atomic E-state index is 0.300. The topological polar surface area (TPSA) is 70.8 Å². The second kappa shape index (κ2) is 4.29. The molecule has 1 aromatic heterocycles. The molecule has 0 unspecified atom stereocenters. The van der Waals surface area contributed by atoms with Crippen LogP contribution in [0.5, 0.6) is 0 Å². The second-order valence-electron chi connectivity index (χ2n) is 3.60. The van der Waals surface area contributed by atoms with Crippen LogP contribution in [0.3, 0.4) is 0 Å². The second-order valence-corrected chi connectivity index (χ2v) is 4.32. The summed E-state index contributed by atoms with van der Waals surface area (Å²) in [5.74, 6) is -1.25. The first kappa shape index (κ1) is 11.2. The van der Waals surface area contributed by atoms with E-state index < -0.39 is 12.0 Å². The van der Waals surface area contributed by atoms with Gasteiger partial charge < -0.3 is 14.4 Å². The van der Waals surface area contributed by atoms with E-state index in [1.807, 2.05) is 0 Å². The normalized spacial score (nSPS) is 20.1. The summed E-state index contributed by atoms with van der Waals surface area (Å²) in [7, 11) is 0. The molecule has 2 heterocycles. The van der Waals surface area contributed by atoms with E-state index in [0.717, 1.165) is 6.42 Å². The molecule has 0 radical (unpaired) electrons. The molecule has 1 N–H and O–H groups in total. The molecule has 0 bridgehead atoms. The molecule has 1 atom stereocenters. The summed E-state index contributed by atoms with van der Waals surface area (Å²) in [5.41, 5.74) is 0.369. The Kier molecular flexibility index (Phi) is 3.00. The van der Waals surface area contributed by atoms with Gasteiger partial charge in [0, 0.05) is 6.54 Å². The van der Waals surface area contributed by atoms with Crippen LogP contribution in [-0.4, -0.2) is 34.5 Å². The molecular weight excluding hydrogens is 278 g/mol. The Bertz CT molecular complexity index is 428. The van der Waals surface area contributed by atoms with E-state index in [1.54, 1.807) is 0 Å². The number of rotatable bonds is 2. The van der Waals surface area contributed by atoms with Gasteiger partial charge in [0.1, 0.15) is 6.04 Å². The zero-order chi connectivity index (χ0) is 11.7. The molecule has 1 aliphatic rings. The first-order valence-corrected chi connectivity index (χ1v) is 5.67. The van der Waals surface area contributed by atoms with Crippen LogP contribution in [0.25, 0.3) is 0 Å². The summed E-state index contributed by atoms with van der Waals surface area (Å²) in [6.45, 7) is 0.480. The molecule has 2 rings (SSSR count). The summed E-state index contributed by atoms with van der Waals surface area (Å²) in [5, 5.41) is 8.97. The number of furan rings is 1. The molecule has 0 saturated carbocycles. The van der Waals surface area contributed by atoms with Gasteiger partial charge in [0.2, 0.25) is 0 Å². The van der Waals surface area contributed by atoms with Crippen LogP contribution in [-0.2, 0) is 4.79 Å². The Balaban J connectivity index is 2.22. The van der Waals surface area contributed by atoms with Gasteiger partial charge in [-0.25, -0.2) is 4.79 Å². The zero-order valence-corrected chi connectivity index (χ0v) is 9.94. The largest absolute Gasteiger partial charge is 0.480 e. The summed E-state index contributed by atoms with van der Waals surface area (Å²) < 4.78 is 5.30. The average molecular weight is 288 g/mol. The van der Waals surface area contributed by atoms with Crippen molar-refractivity contribution in [3.05, 3.63) is 22.6 Å². The van der Waals surface area contributed by atoms with Gasteiger partial charge in [-0.05, 0) is 34.8 Å². The molecule has 86 valence electrons. The minimum atomic E-state index is -0.953. The SMILES string of the molecule is O=C(O)[C@@H]1CCCN1C(=O)c1ccoc1Br. The van der Waals surface area contributed by atoms with Gasteiger partial charge in [-0.3, -0.25) is 4.79 Å². The number of hydrogen-bond acceptors (Lipinski definition) is 3. The van der Waals surface area contributed by atoms with E-state index in [4.69, 9.17) is 9.52 Å².